The largest absolute Gasteiger partial charge is 0.480 e. The Morgan fingerprint density at radius 1 is 1.50 bits per heavy atom. The van der Waals surface area contributed by atoms with Gasteiger partial charge in [0.1, 0.15) is 6.04 Å². The van der Waals surface area contributed by atoms with E-state index >= 15 is 0 Å². The number of aromatic nitrogens is 1. The zero-order valence-electron chi connectivity index (χ0n) is 10.3. The van der Waals surface area contributed by atoms with E-state index in [1.165, 1.54) is 11.3 Å². The Labute approximate surface area is 109 Å². The molecule has 7 heteroatoms. The van der Waals surface area contributed by atoms with Crippen molar-refractivity contribution in [1.29, 1.82) is 0 Å². The molecule has 0 fully saturated rings. The minimum Gasteiger partial charge on any atom is -0.480 e. The van der Waals surface area contributed by atoms with E-state index in [0.717, 1.165) is 5.69 Å². The number of hydrogen-bond donors (Lipinski definition) is 3. The molecule has 0 saturated heterocycles. The van der Waals surface area contributed by atoms with Gasteiger partial charge in [0.25, 0.3) is 0 Å². The SMILES string of the molecule is CC(C)[C@@H](NC(=O)NCCc1cscn1)C(=O)O. The maximum atomic E-state index is 11.5. The molecular weight excluding hydrogens is 254 g/mol. The minimum atomic E-state index is -1.03. The summed E-state index contributed by atoms with van der Waals surface area (Å²) >= 11 is 1.50. The van der Waals surface area contributed by atoms with Crippen LogP contribution in [0.3, 0.4) is 0 Å². The lowest BCUT2D eigenvalue weighted by Crippen LogP contribution is -2.48. The summed E-state index contributed by atoms with van der Waals surface area (Å²) in [5, 5.41) is 15.9. The van der Waals surface area contributed by atoms with Gasteiger partial charge in [-0.1, -0.05) is 13.8 Å². The maximum absolute atomic E-state index is 11.5. The Bertz CT molecular complexity index is 392. The highest BCUT2D eigenvalue weighted by atomic mass is 32.1. The third kappa shape index (κ3) is 4.70. The van der Waals surface area contributed by atoms with Crippen molar-refractivity contribution < 1.29 is 14.7 Å². The van der Waals surface area contributed by atoms with Gasteiger partial charge in [-0.2, -0.15) is 0 Å². The number of carbonyl (C=O) groups excluding carboxylic acids is 1. The molecule has 1 heterocycles. The van der Waals surface area contributed by atoms with Crippen molar-refractivity contribution in [3.63, 3.8) is 0 Å². The standard InChI is InChI=1S/C11H17N3O3S/c1-7(2)9(10(15)16)14-11(17)12-4-3-8-5-18-6-13-8/h5-7,9H,3-4H2,1-2H3,(H,15,16)(H2,12,14,17)/t9-/m1/s1. The van der Waals surface area contributed by atoms with Crippen LogP contribution >= 0.6 is 11.3 Å². The Balaban J connectivity index is 2.30. The smallest absolute Gasteiger partial charge is 0.326 e. The first-order valence-electron chi connectivity index (χ1n) is 5.65. The highest BCUT2D eigenvalue weighted by Gasteiger charge is 2.22. The second-order valence-corrected chi connectivity index (χ2v) is 4.91. The third-order valence-corrected chi connectivity index (χ3v) is 3.00. The fourth-order valence-electron chi connectivity index (χ4n) is 1.37. The average Bonchev–Trinajstić information content (AvgIpc) is 2.78. The van der Waals surface area contributed by atoms with Crippen LogP contribution in [0.2, 0.25) is 0 Å². The summed E-state index contributed by atoms with van der Waals surface area (Å²) in [7, 11) is 0. The zero-order valence-corrected chi connectivity index (χ0v) is 11.2. The Morgan fingerprint density at radius 3 is 2.72 bits per heavy atom. The molecule has 0 aromatic carbocycles. The zero-order chi connectivity index (χ0) is 13.5. The highest BCUT2D eigenvalue weighted by Crippen LogP contribution is 2.02. The number of amides is 2. The molecule has 3 N–H and O–H groups in total. The molecular formula is C11H17N3O3S. The number of aliphatic carboxylic acids is 1. The van der Waals surface area contributed by atoms with Crippen LogP contribution in [0.5, 0.6) is 0 Å². The fraction of sp³-hybridized carbons (Fsp3) is 0.545. The summed E-state index contributed by atoms with van der Waals surface area (Å²) < 4.78 is 0. The molecule has 0 unspecified atom stereocenters. The Hall–Kier alpha value is -1.63. The van der Waals surface area contributed by atoms with Crippen molar-refractivity contribution in [3.05, 3.63) is 16.6 Å². The predicted molar refractivity (Wildman–Crippen MR) is 68.6 cm³/mol. The number of thiazole rings is 1. The number of nitrogens with zero attached hydrogens (tertiary/aromatic N) is 1. The van der Waals surface area contributed by atoms with Crippen LogP contribution in [-0.4, -0.2) is 34.7 Å². The molecule has 1 atom stereocenters. The lowest BCUT2D eigenvalue weighted by molar-refractivity contribution is -0.140. The van der Waals surface area contributed by atoms with Crippen molar-refractivity contribution in [3.8, 4) is 0 Å². The minimum absolute atomic E-state index is 0.160. The molecule has 0 aliphatic rings. The molecule has 100 valence electrons. The predicted octanol–water partition coefficient (Wildman–Crippen LogP) is 1.09. The van der Waals surface area contributed by atoms with Crippen molar-refractivity contribution >= 4 is 23.3 Å². The Kier molecular flexibility index (Phi) is 5.57. The van der Waals surface area contributed by atoms with Crippen LogP contribution in [0.15, 0.2) is 10.9 Å². The molecule has 0 bridgehead atoms. The van der Waals surface area contributed by atoms with E-state index in [2.05, 4.69) is 15.6 Å². The van der Waals surface area contributed by atoms with Gasteiger partial charge in [-0.05, 0) is 5.92 Å². The van der Waals surface area contributed by atoms with E-state index in [1.54, 1.807) is 19.4 Å². The monoisotopic (exact) mass is 271 g/mol. The van der Waals surface area contributed by atoms with Gasteiger partial charge in [0.2, 0.25) is 0 Å². The molecule has 6 nitrogen and oxygen atoms in total. The van der Waals surface area contributed by atoms with E-state index in [9.17, 15) is 9.59 Å². The molecule has 0 aliphatic carbocycles. The van der Waals surface area contributed by atoms with Gasteiger partial charge in [-0.3, -0.25) is 0 Å². The summed E-state index contributed by atoms with van der Waals surface area (Å²) in [6.45, 7) is 3.92. The summed E-state index contributed by atoms with van der Waals surface area (Å²) in [6, 6.07) is -1.34. The van der Waals surface area contributed by atoms with Gasteiger partial charge >= 0.3 is 12.0 Å². The summed E-state index contributed by atoms with van der Waals surface area (Å²) in [5.74, 6) is -1.19. The summed E-state index contributed by atoms with van der Waals surface area (Å²) in [6.07, 6.45) is 0.635. The van der Waals surface area contributed by atoms with Crippen molar-refractivity contribution in [1.82, 2.24) is 15.6 Å². The molecule has 1 aromatic heterocycles. The van der Waals surface area contributed by atoms with Crippen LogP contribution in [-0.2, 0) is 11.2 Å². The molecule has 0 radical (unpaired) electrons. The number of carboxylic acids is 1. The normalized spacial score (nSPS) is 12.2. The summed E-state index contributed by atoms with van der Waals surface area (Å²) in [4.78, 5) is 26.5. The molecule has 0 spiro atoms. The molecule has 2 amide bonds. The lowest BCUT2D eigenvalue weighted by atomic mass is 10.1. The first-order valence-corrected chi connectivity index (χ1v) is 6.59. The molecule has 18 heavy (non-hydrogen) atoms. The van der Waals surface area contributed by atoms with Crippen LogP contribution in [0.4, 0.5) is 4.79 Å². The van der Waals surface area contributed by atoms with Crippen molar-refractivity contribution in [2.24, 2.45) is 5.92 Å². The molecule has 0 saturated carbocycles. The van der Waals surface area contributed by atoms with Crippen LogP contribution < -0.4 is 10.6 Å². The Morgan fingerprint density at radius 2 is 2.22 bits per heavy atom. The third-order valence-electron chi connectivity index (χ3n) is 2.37. The van der Waals surface area contributed by atoms with Gasteiger partial charge < -0.3 is 15.7 Å². The van der Waals surface area contributed by atoms with E-state index in [-0.39, 0.29) is 5.92 Å². The topological polar surface area (TPSA) is 91.3 Å². The number of nitrogens with one attached hydrogen (secondary N) is 2. The van der Waals surface area contributed by atoms with E-state index in [1.807, 2.05) is 5.38 Å². The number of hydrogen-bond acceptors (Lipinski definition) is 4. The number of carbonyl (C=O) groups is 2. The van der Waals surface area contributed by atoms with Crippen molar-refractivity contribution in [2.45, 2.75) is 26.3 Å². The summed E-state index contributed by atoms with van der Waals surface area (Å²) in [5.41, 5.74) is 2.65. The van der Waals surface area contributed by atoms with Gasteiger partial charge in [0, 0.05) is 18.3 Å². The van der Waals surface area contributed by atoms with Gasteiger partial charge in [0.15, 0.2) is 0 Å². The molecule has 0 aliphatic heterocycles. The van der Waals surface area contributed by atoms with Gasteiger partial charge in [-0.25, -0.2) is 14.6 Å². The quantitative estimate of drug-likeness (QED) is 0.722. The highest BCUT2D eigenvalue weighted by molar-refractivity contribution is 7.07. The molecule has 1 rings (SSSR count). The first kappa shape index (κ1) is 14.4. The number of urea groups is 1. The number of rotatable bonds is 6. The second kappa shape index (κ2) is 6.95. The lowest BCUT2D eigenvalue weighted by Gasteiger charge is -2.18. The van der Waals surface area contributed by atoms with E-state index < -0.39 is 18.0 Å². The fourth-order valence-corrected chi connectivity index (χ4v) is 1.96. The van der Waals surface area contributed by atoms with Crippen LogP contribution in [0, 0.1) is 5.92 Å². The molecule has 1 aromatic rings. The van der Waals surface area contributed by atoms with Crippen LogP contribution in [0.1, 0.15) is 19.5 Å². The second-order valence-electron chi connectivity index (χ2n) is 4.19. The maximum Gasteiger partial charge on any atom is 0.326 e. The van der Waals surface area contributed by atoms with Gasteiger partial charge in [-0.15, -0.1) is 11.3 Å². The van der Waals surface area contributed by atoms with Gasteiger partial charge in [0.05, 0.1) is 11.2 Å². The number of carboxylic acid groups (broad SMARTS) is 1. The van der Waals surface area contributed by atoms with Crippen molar-refractivity contribution in [2.75, 3.05) is 6.54 Å². The first-order chi connectivity index (χ1) is 8.50. The van der Waals surface area contributed by atoms with Crippen LogP contribution in [0.25, 0.3) is 0 Å². The average molecular weight is 271 g/mol. The van der Waals surface area contributed by atoms with E-state index in [4.69, 9.17) is 5.11 Å². The van der Waals surface area contributed by atoms with E-state index in [0.29, 0.717) is 13.0 Å².